The highest BCUT2D eigenvalue weighted by atomic mass is 32.2. The van der Waals surface area contributed by atoms with E-state index in [1.54, 1.807) is 36.4 Å². The maximum absolute atomic E-state index is 12.8. The van der Waals surface area contributed by atoms with Crippen molar-refractivity contribution in [3.63, 3.8) is 0 Å². The van der Waals surface area contributed by atoms with E-state index < -0.39 is 10.0 Å². The highest BCUT2D eigenvalue weighted by Crippen LogP contribution is 2.45. The van der Waals surface area contributed by atoms with Crippen LogP contribution in [0.25, 0.3) is 23.0 Å². The number of amides is 1. The Morgan fingerprint density at radius 1 is 0.941 bits per heavy atom. The average Bonchev–Trinajstić information content (AvgIpc) is 3.41. The monoisotopic (exact) mass is 476 g/mol. The molecule has 0 unspecified atom stereocenters. The van der Waals surface area contributed by atoms with Gasteiger partial charge in [0.25, 0.3) is 15.9 Å². The number of aromatic nitrogens is 4. The quantitative estimate of drug-likeness (QED) is 0.411. The van der Waals surface area contributed by atoms with Gasteiger partial charge in [-0.05, 0) is 61.4 Å². The Bertz CT molecular complexity index is 1430. The molecular weight excluding hydrogens is 456 g/mol. The Morgan fingerprint density at radius 3 is 2.26 bits per heavy atom. The normalized spacial score (nSPS) is 14.4. The van der Waals surface area contributed by atoms with Crippen LogP contribution in [0.3, 0.4) is 0 Å². The molecule has 1 fully saturated rings. The smallest absolute Gasteiger partial charge is 0.268 e. The van der Waals surface area contributed by atoms with Crippen molar-refractivity contribution in [2.24, 2.45) is 5.41 Å². The van der Waals surface area contributed by atoms with E-state index in [4.69, 9.17) is 4.42 Å². The fourth-order valence-electron chi connectivity index (χ4n) is 3.16. The molecule has 1 aliphatic carbocycles. The lowest BCUT2D eigenvalue weighted by molar-refractivity contribution is -0.120. The molecule has 0 aliphatic heterocycles. The van der Waals surface area contributed by atoms with Gasteiger partial charge in [0.1, 0.15) is 5.69 Å². The molecule has 0 atom stereocenters. The highest BCUT2D eigenvalue weighted by molar-refractivity contribution is 7.92. The second-order valence-corrected chi connectivity index (χ2v) is 9.91. The van der Waals surface area contributed by atoms with Crippen LogP contribution in [0.15, 0.2) is 76.4 Å². The van der Waals surface area contributed by atoms with Crippen molar-refractivity contribution in [3.05, 3.63) is 67.1 Å². The third-order valence-electron chi connectivity index (χ3n) is 5.56. The molecule has 1 aliphatic rings. The molecule has 1 amide bonds. The summed E-state index contributed by atoms with van der Waals surface area (Å²) in [7, 11) is -3.82. The van der Waals surface area contributed by atoms with E-state index in [0.717, 1.165) is 12.8 Å². The zero-order valence-electron chi connectivity index (χ0n) is 18.1. The second-order valence-electron chi connectivity index (χ2n) is 8.23. The summed E-state index contributed by atoms with van der Waals surface area (Å²) in [4.78, 5) is 20.3. The van der Waals surface area contributed by atoms with Crippen molar-refractivity contribution >= 4 is 27.3 Å². The minimum Gasteiger partial charge on any atom is -0.415 e. The lowest BCUT2D eigenvalue weighted by atomic mass is 10.1. The van der Waals surface area contributed by atoms with Gasteiger partial charge in [-0.25, -0.2) is 13.4 Å². The summed E-state index contributed by atoms with van der Waals surface area (Å²) in [5, 5.41) is 10.8. The number of nitrogens with zero attached hydrogens (tertiary/aromatic N) is 4. The SMILES string of the molecule is CC1(C(=O)Nc2ccc(NS(=O)(=O)c3ccc(-c4nnc(-c5cnccn5)o4)cc3)cc2)CC1. The Kier molecular flexibility index (Phi) is 5.33. The van der Waals surface area contributed by atoms with Crippen LogP contribution in [0.5, 0.6) is 0 Å². The first kappa shape index (κ1) is 21.7. The van der Waals surface area contributed by atoms with Crippen LogP contribution in [0.1, 0.15) is 19.8 Å². The summed E-state index contributed by atoms with van der Waals surface area (Å²) in [6, 6.07) is 12.6. The number of rotatable bonds is 7. The zero-order valence-corrected chi connectivity index (χ0v) is 18.9. The molecule has 172 valence electrons. The molecule has 4 aromatic rings. The molecule has 0 radical (unpaired) electrons. The van der Waals surface area contributed by atoms with Crippen molar-refractivity contribution in [2.45, 2.75) is 24.7 Å². The number of sulfonamides is 1. The number of nitrogens with one attached hydrogen (secondary N) is 2. The maximum Gasteiger partial charge on any atom is 0.268 e. The Morgan fingerprint density at radius 2 is 1.62 bits per heavy atom. The van der Waals surface area contributed by atoms with E-state index in [1.165, 1.54) is 30.7 Å². The van der Waals surface area contributed by atoms with Crippen molar-refractivity contribution in [1.82, 2.24) is 20.2 Å². The maximum atomic E-state index is 12.8. The van der Waals surface area contributed by atoms with Crippen molar-refractivity contribution in [3.8, 4) is 23.0 Å². The van der Waals surface area contributed by atoms with Gasteiger partial charge < -0.3 is 9.73 Å². The number of hydrogen-bond donors (Lipinski definition) is 2. The number of hydrogen-bond acceptors (Lipinski definition) is 8. The molecule has 1 saturated carbocycles. The molecule has 0 bridgehead atoms. The topological polar surface area (TPSA) is 140 Å². The minimum absolute atomic E-state index is 0.0222. The average molecular weight is 477 g/mol. The zero-order chi connectivity index (χ0) is 23.8. The van der Waals surface area contributed by atoms with Gasteiger partial charge in [0.2, 0.25) is 11.8 Å². The summed E-state index contributed by atoms with van der Waals surface area (Å²) < 4.78 is 33.7. The van der Waals surface area contributed by atoms with Gasteiger partial charge in [0.05, 0.1) is 11.1 Å². The van der Waals surface area contributed by atoms with Crippen LogP contribution in [0, 0.1) is 5.41 Å². The molecule has 0 spiro atoms. The van der Waals surface area contributed by atoms with E-state index in [-0.39, 0.29) is 28.0 Å². The highest BCUT2D eigenvalue weighted by Gasteiger charge is 2.44. The number of carbonyl (C=O) groups excluding carboxylic acids is 1. The molecule has 2 N–H and O–H groups in total. The van der Waals surface area contributed by atoms with E-state index in [2.05, 4.69) is 30.2 Å². The summed E-state index contributed by atoms with van der Waals surface area (Å²) >= 11 is 0. The molecule has 2 heterocycles. The van der Waals surface area contributed by atoms with Crippen LogP contribution < -0.4 is 10.0 Å². The van der Waals surface area contributed by atoms with Crippen LogP contribution in [0.4, 0.5) is 11.4 Å². The molecule has 5 rings (SSSR count). The van der Waals surface area contributed by atoms with Gasteiger partial charge in [-0.15, -0.1) is 10.2 Å². The van der Waals surface area contributed by atoms with Crippen LogP contribution >= 0.6 is 0 Å². The van der Waals surface area contributed by atoms with E-state index >= 15 is 0 Å². The standard InChI is InChI=1S/C23H20N6O4S/c1-23(10-11-23)22(30)26-16-4-6-17(7-5-16)29-34(31,32)18-8-2-15(3-9-18)20-27-28-21(33-20)19-14-24-12-13-25-19/h2-9,12-14,29H,10-11H2,1H3,(H,26,30). The van der Waals surface area contributed by atoms with Crippen LogP contribution in [0.2, 0.25) is 0 Å². The lowest BCUT2D eigenvalue weighted by Crippen LogP contribution is -2.21. The van der Waals surface area contributed by atoms with Crippen molar-refractivity contribution in [1.29, 1.82) is 0 Å². The van der Waals surface area contributed by atoms with Crippen molar-refractivity contribution in [2.75, 3.05) is 10.0 Å². The van der Waals surface area contributed by atoms with Crippen LogP contribution in [-0.2, 0) is 14.8 Å². The first-order valence-electron chi connectivity index (χ1n) is 10.5. The summed E-state index contributed by atoms with van der Waals surface area (Å²) in [6.07, 6.45) is 6.32. The number of carbonyl (C=O) groups is 1. The minimum atomic E-state index is -3.82. The second kappa shape index (κ2) is 8.34. The molecule has 2 aromatic carbocycles. The molecule has 0 saturated heterocycles. The lowest BCUT2D eigenvalue weighted by Gasteiger charge is -2.12. The Hall–Kier alpha value is -4.12. The summed E-state index contributed by atoms with van der Waals surface area (Å²) in [5.41, 5.74) is 1.71. The first-order chi connectivity index (χ1) is 16.3. The molecule has 2 aromatic heterocycles. The molecular formula is C23H20N6O4S. The van der Waals surface area contributed by atoms with E-state index in [1.807, 2.05) is 6.92 Å². The summed E-state index contributed by atoms with van der Waals surface area (Å²) in [6.45, 7) is 1.92. The fourth-order valence-corrected chi connectivity index (χ4v) is 4.22. The third-order valence-corrected chi connectivity index (χ3v) is 6.96. The van der Waals surface area contributed by atoms with Gasteiger partial charge in [-0.2, -0.15) is 0 Å². The molecule has 11 heteroatoms. The van der Waals surface area contributed by atoms with Crippen molar-refractivity contribution < 1.29 is 17.6 Å². The predicted octanol–water partition coefficient (Wildman–Crippen LogP) is 3.73. The Labute approximate surface area is 195 Å². The first-order valence-corrected chi connectivity index (χ1v) is 12.0. The fraction of sp³-hybridized carbons (Fsp3) is 0.174. The molecule has 34 heavy (non-hydrogen) atoms. The molecule has 10 nitrogen and oxygen atoms in total. The van der Waals surface area contributed by atoms with Gasteiger partial charge >= 0.3 is 0 Å². The van der Waals surface area contributed by atoms with Crippen LogP contribution in [-0.4, -0.2) is 34.5 Å². The third kappa shape index (κ3) is 4.50. The largest absolute Gasteiger partial charge is 0.415 e. The van der Waals surface area contributed by atoms with Gasteiger partial charge in [0, 0.05) is 34.7 Å². The summed E-state index contributed by atoms with van der Waals surface area (Å²) in [5.74, 6) is 0.425. The van der Waals surface area contributed by atoms with Gasteiger partial charge in [0.15, 0.2) is 0 Å². The number of benzene rings is 2. The number of anilines is 2. The van der Waals surface area contributed by atoms with E-state index in [0.29, 0.717) is 22.6 Å². The Balaban J connectivity index is 1.26. The van der Waals surface area contributed by atoms with Gasteiger partial charge in [-0.3, -0.25) is 14.5 Å². The van der Waals surface area contributed by atoms with E-state index in [9.17, 15) is 13.2 Å². The predicted molar refractivity (Wildman–Crippen MR) is 124 cm³/mol. The van der Waals surface area contributed by atoms with Gasteiger partial charge in [-0.1, -0.05) is 6.92 Å².